The van der Waals surface area contributed by atoms with Crippen LogP contribution in [0.15, 0.2) is 28.3 Å². The Morgan fingerprint density at radius 2 is 2.19 bits per heavy atom. The van der Waals surface area contributed by atoms with Crippen LogP contribution in [-0.4, -0.2) is 55.1 Å². The Labute approximate surface area is 184 Å². The van der Waals surface area contributed by atoms with Gasteiger partial charge in [-0.1, -0.05) is 17.8 Å². The van der Waals surface area contributed by atoms with Crippen LogP contribution in [0.4, 0.5) is 0 Å². The number of aromatic nitrogens is 5. The molecule has 0 aliphatic carbocycles. The quantitative estimate of drug-likeness (QED) is 0.552. The van der Waals surface area contributed by atoms with E-state index in [1.165, 1.54) is 11.8 Å². The van der Waals surface area contributed by atoms with Crippen molar-refractivity contribution in [2.45, 2.75) is 44.4 Å². The highest BCUT2D eigenvalue weighted by Crippen LogP contribution is 2.18. The van der Waals surface area contributed by atoms with Crippen LogP contribution in [0.5, 0.6) is 0 Å². The summed E-state index contributed by atoms with van der Waals surface area (Å²) in [5, 5.41) is 12.0. The summed E-state index contributed by atoms with van der Waals surface area (Å²) in [6.07, 6.45) is 4.21. The lowest BCUT2D eigenvalue weighted by atomic mass is 10.1. The Balaban J connectivity index is 1.44. The topological polar surface area (TPSA) is 103 Å². The fourth-order valence-corrected chi connectivity index (χ4v) is 4.40. The van der Waals surface area contributed by atoms with E-state index in [0.29, 0.717) is 40.9 Å². The molecule has 1 unspecified atom stereocenters. The summed E-state index contributed by atoms with van der Waals surface area (Å²) in [4.78, 5) is 29.8. The monoisotopic (exact) mass is 442 g/mol. The Hall–Kier alpha value is -2.72. The third-order valence-electron chi connectivity index (χ3n) is 5.49. The molecule has 0 bridgehead atoms. The van der Waals surface area contributed by atoms with E-state index in [1.54, 1.807) is 10.6 Å². The van der Waals surface area contributed by atoms with Gasteiger partial charge in [0, 0.05) is 44.1 Å². The SMILES string of the molecule is Cc1nc2c(C)cccn2c(=O)c1Cc1nnc(SCC(=O)NCC2CCCO2)n1C. The van der Waals surface area contributed by atoms with Crippen LogP contribution in [-0.2, 0) is 23.0 Å². The van der Waals surface area contributed by atoms with Gasteiger partial charge in [-0.05, 0) is 38.3 Å². The summed E-state index contributed by atoms with van der Waals surface area (Å²) < 4.78 is 8.91. The van der Waals surface area contributed by atoms with Crippen LogP contribution in [0.2, 0.25) is 0 Å². The molecule has 1 atom stereocenters. The van der Waals surface area contributed by atoms with Crippen molar-refractivity contribution in [1.29, 1.82) is 0 Å². The molecule has 0 saturated carbocycles. The number of aryl methyl sites for hydroxylation is 2. The molecule has 1 aliphatic rings. The first kappa shape index (κ1) is 21.5. The maximum Gasteiger partial charge on any atom is 0.261 e. The highest BCUT2D eigenvalue weighted by Gasteiger charge is 2.18. The molecule has 10 heteroatoms. The molecule has 3 aromatic rings. The largest absolute Gasteiger partial charge is 0.376 e. The molecule has 4 heterocycles. The maximum absolute atomic E-state index is 13.0. The molecule has 0 spiro atoms. The van der Waals surface area contributed by atoms with E-state index in [4.69, 9.17) is 4.74 Å². The lowest BCUT2D eigenvalue weighted by molar-refractivity contribution is -0.119. The van der Waals surface area contributed by atoms with E-state index in [9.17, 15) is 9.59 Å². The van der Waals surface area contributed by atoms with Gasteiger partial charge in [0.25, 0.3) is 5.56 Å². The van der Waals surface area contributed by atoms with Crippen molar-refractivity contribution in [2.24, 2.45) is 7.05 Å². The summed E-state index contributed by atoms with van der Waals surface area (Å²) in [7, 11) is 1.84. The van der Waals surface area contributed by atoms with Crippen molar-refractivity contribution in [3.05, 3.63) is 51.3 Å². The lowest BCUT2D eigenvalue weighted by Crippen LogP contribution is -2.32. The zero-order valence-corrected chi connectivity index (χ0v) is 18.7. The van der Waals surface area contributed by atoms with Crippen LogP contribution in [0, 0.1) is 13.8 Å². The number of thioether (sulfide) groups is 1. The average molecular weight is 443 g/mol. The van der Waals surface area contributed by atoms with Crippen molar-refractivity contribution in [2.75, 3.05) is 18.9 Å². The normalized spacial score (nSPS) is 16.2. The van der Waals surface area contributed by atoms with E-state index < -0.39 is 0 Å². The van der Waals surface area contributed by atoms with Crippen molar-refractivity contribution >= 4 is 23.3 Å². The van der Waals surface area contributed by atoms with E-state index >= 15 is 0 Å². The number of nitrogens with zero attached hydrogens (tertiary/aromatic N) is 5. The van der Waals surface area contributed by atoms with Gasteiger partial charge in [0.15, 0.2) is 5.16 Å². The predicted molar refractivity (Wildman–Crippen MR) is 117 cm³/mol. The van der Waals surface area contributed by atoms with E-state index in [2.05, 4.69) is 20.5 Å². The number of carbonyl (C=O) groups is 1. The smallest absolute Gasteiger partial charge is 0.261 e. The van der Waals surface area contributed by atoms with Gasteiger partial charge in [0.1, 0.15) is 11.5 Å². The molecule has 0 aromatic carbocycles. The minimum Gasteiger partial charge on any atom is -0.376 e. The molecule has 1 aliphatic heterocycles. The van der Waals surface area contributed by atoms with Crippen molar-refractivity contribution in [3.8, 4) is 0 Å². The summed E-state index contributed by atoms with van der Waals surface area (Å²) in [6.45, 7) is 5.09. The number of hydrogen-bond donors (Lipinski definition) is 1. The Bertz CT molecular complexity index is 1170. The second-order valence-electron chi connectivity index (χ2n) is 7.73. The number of carbonyl (C=O) groups excluding carboxylic acids is 1. The molecule has 1 amide bonds. The van der Waals surface area contributed by atoms with Gasteiger partial charge >= 0.3 is 0 Å². The highest BCUT2D eigenvalue weighted by atomic mass is 32.2. The highest BCUT2D eigenvalue weighted by molar-refractivity contribution is 7.99. The van der Waals surface area contributed by atoms with Gasteiger partial charge < -0.3 is 14.6 Å². The zero-order chi connectivity index (χ0) is 22.0. The summed E-state index contributed by atoms with van der Waals surface area (Å²) >= 11 is 1.32. The van der Waals surface area contributed by atoms with E-state index in [-0.39, 0.29) is 23.3 Å². The molecule has 1 N–H and O–H groups in total. The molecule has 4 rings (SSSR count). The van der Waals surface area contributed by atoms with Gasteiger partial charge in [-0.15, -0.1) is 10.2 Å². The maximum atomic E-state index is 13.0. The number of nitrogens with one attached hydrogen (secondary N) is 1. The summed E-state index contributed by atoms with van der Waals surface area (Å²) in [5.74, 6) is 0.835. The second kappa shape index (κ2) is 9.19. The second-order valence-corrected chi connectivity index (χ2v) is 8.67. The fourth-order valence-electron chi connectivity index (χ4n) is 3.64. The van der Waals surface area contributed by atoms with Gasteiger partial charge in [0.05, 0.1) is 11.9 Å². The Morgan fingerprint density at radius 1 is 1.35 bits per heavy atom. The van der Waals surface area contributed by atoms with Gasteiger partial charge in [-0.3, -0.25) is 14.0 Å². The van der Waals surface area contributed by atoms with Crippen molar-refractivity contribution < 1.29 is 9.53 Å². The fraction of sp³-hybridized carbons (Fsp3) is 0.476. The standard InChI is InChI=1S/C21H26N6O3S/c1-13-6-4-8-27-19(13)23-14(2)16(20(27)29)10-17-24-25-21(26(17)3)31-12-18(28)22-11-15-7-5-9-30-15/h4,6,8,15H,5,7,9-12H2,1-3H3,(H,22,28). The summed E-state index contributed by atoms with van der Waals surface area (Å²) in [5.41, 5.74) is 2.78. The average Bonchev–Trinajstić information content (AvgIpc) is 3.39. The zero-order valence-electron chi connectivity index (χ0n) is 17.9. The number of ether oxygens (including phenoxy) is 1. The number of amides is 1. The minimum absolute atomic E-state index is 0.0618. The predicted octanol–water partition coefficient (Wildman–Crippen LogP) is 1.42. The van der Waals surface area contributed by atoms with E-state index in [1.807, 2.05) is 37.6 Å². The number of rotatable bonds is 7. The summed E-state index contributed by atoms with van der Waals surface area (Å²) in [6, 6.07) is 3.77. The van der Waals surface area contributed by atoms with Crippen LogP contribution < -0.4 is 10.9 Å². The molecule has 31 heavy (non-hydrogen) atoms. The first-order valence-electron chi connectivity index (χ1n) is 10.3. The molecule has 1 fully saturated rings. The van der Waals surface area contributed by atoms with E-state index in [0.717, 1.165) is 25.0 Å². The molecular formula is C21H26N6O3S. The first-order chi connectivity index (χ1) is 14.9. The van der Waals surface area contributed by atoms with Crippen molar-refractivity contribution in [3.63, 3.8) is 0 Å². The van der Waals surface area contributed by atoms with Gasteiger partial charge in [0.2, 0.25) is 5.91 Å². The van der Waals surface area contributed by atoms with Crippen LogP contribution >= 0.6 is 11.8 Å². The first-order valence-corrected chi connectivity index (χ1v) is 11.3. The Kier molecular flexibility index (Phi) is 6.38. The number of fused-ring (bicyclic) bond motifs is 1. The lowest BCUT2D eigenvalue weighted by Gasteiger charge is -2.10. The molecule has 164 valence electrons. The Morgan fingerprint density at radius 3 is 2.97 bits per heavy atom. The third kappa shape index (κ3) is 4.64. The molecule has 0 radical (unpaired) electrons. The molecular weight excluding hydrogens is 416 g/mol. The molecule has 3 aromatic heterocycles. The number of hydrogen-bond acceptors (Lipinski definition) is 7. The minimum atomic E-state index is -0.100. The van der Waals surface area contributed by atoms with Crippen LogP contribution in [0.1, 0.15) is 35.5 Å². The third-order valence-corrected chi connectivity index (χ3v) is 6.51. The number of pyridine rings is 1. The molecule has 1 saturated heterocycles. The van der Waals surface area contributed by atoms with Crippen molar-refractivity contribution in [1.82, 2.24) is 29.5 Å². The van der Waals surface area contributed by atoms with Crippen LogP contribution in [0.3, 0.4) is 0 Å². The van der Waals surface area contributed by atoms with Gasteiger partial charge in [-0.2, -0.15) is 0 Å². The van der Waals surface area contributed by atoms with Crippen LogP contribution in [0.25, 0.3) is 5.65 Å². The van der Waals surface area contributed by atoms with Gasteiger partial charge in [-0.25, -0.2) is 4.98 Å². The molecule has 9 nitrogen and oxygen atoms in total.